The highest BCUT2D eigenvalue weighted by Gasteiger charge is 2.51. The summed E-state index contributed by atoms with van der Waals surface area (Å²) in [6, 6.07) is 0.240. The fourth-order valence-electron chi connectivity index (χ4n) is 4.46. The third-order valence-corrected chi connectivity index (χ3v) is 8.22. The van der Waals surface area contributed by atoms with Crippen molar-refractivity contribution in [3.8, 4) is 0 Å². The van der Waals surface area contributed by atoms with Crippen LogP contribution >= 0.6 is 19.2 Å². The molecule has 196 valence electrons. The number of hydrogen-bond donors (Lipinski definition) is 7. The highest BCUT2D eigenvalue weighted by molar-refractivity contribution is 7.53. The molecular formula is C19H29ClN5O9P. The molecule has 0 bridgehead atoms. The normalized spacial score (nSPS) is 27.5. The highest BCUT2D eigenvalue weighted by atomic mass is 35.5. The first-order valence-corrected chi connectivity index (χ1v) is 13.2. The summed E-state index contributed by atoms with van der Waals surface area (Å²) in [6.07, 6.45) is -0.333. The molecule has 0 aromatic carbocycles. The van der Waals surface area contributed by atoms with Gasteiger partial charge < -0.3 is 45.0 Å². The number of nitrogens with zero attached hydrogens (tertiary/aromatic N) is 4. The monoisotopic (exact) mass is 537 g/mol. The van der Waals surface area contributed by atoms with E-state index in [2.05, 4.69) is 20.4 Å². The van der Waals surface area contributed by atoms with Gasteiger partial charge in [0.2, 0.25) is 5.28 Å². The van der Waals surface area contributed by atoms with Gasteiger partial charge in [0.25, 0.3) is 0 Å². The van der Waals surface area contributed by atoms with Gasteiger partial charge in [-0.15, -0.1) is 0 Å². The largest absolute Gasteiger partial charge is 0.396 e. The summed E-state index contributed by atoms with van der Waals surface area (Å²) in [7, 11) is -5.02. The smallest absolute Gasteiger partial charge is 0.359 e. The number of aromatic nitrogens is 4. The van der Waals surface area contributed by atoms with Crippen LogP contribution < -0.4 is 5.32 Å². The predicted molar refractivity (Wildman–Crippen MR) is 122 cm³/mol. The average Bonchev–Trinajstić information content (AvgIpc) is 3.52. The number of aliphatic hydroxyl groups is 4. The zero-order valence-corrected chi connectivity index (χ0v) is 20.3. The summed E-state index contributed by atoms with van der Waals surface area (Å²) < 4.78 is 24.2. The topological polar surface area (TPSA) is 213 Å². The van der Waals surface area contributed by atoms with Gasteiger partial charge in [-0.2, -0.15) is 15.1 Å². The fourth-order valence-corrected chi connectivity index (χ4v) is 5.44. The highest BCUT2D eigenvalue weighted by Crippen LogP contribution is 2.53. The fraction of sp³-hybridized carbons (Fsp3) is 0.737. The van der Waals surface area contributed by atoms with E-state index in [0.29, 0.717) is 11.2 Å². The van der Waals surface area contributed by atoms with E-state index in [1.54, 1.807) is 0 Å². The summed E-state index contributed by atoms with van der Waals surface area (Å²) in [5.41, 5.74) is 0.253. The molecule has 2 aromatic heterocycles. The SMILES string of the molecule is O=P(O)(O)C(CO)(CCO)OC[C@H]1O[C@@H](n2ncc3c(NC4CCCC4)nc(Cl)nc32)[C@H](O)[C@@H]1O. The van der Waals surface area contributed by atoms with Gasteiger partial charge >= 0.3 is 7.60 Å². The Kier molecular flexibility index (Phi) is 7.98. The Bertz CT molecular complexity index is 1080. The molecule has 1 aliphatic carbocycles. The Balaban J connectivity index is 1.56. The lowest BCUT2D eigenvalue weighted by Gasteiger charge is -2.33. The third kappa shape index (κ3) is 5.18. The van der Waals surface area contributed by atoms with Crippen molar-refractivity contribution >= 4 is 36.0 Å². The summed E-state index contributed by atoms with van der Waals surface area (Å²) >= 11 is 6.13. The summed E-state index contributed by atoms with van der Waals surface area (Å²) in [6.45, 7) is -2.34. The zero-order valence-electron chi connectivity index (χ0n) is 18.6. The number of halogens is 1. The molecule has 2 aromatic rings. The predicted octanol–water partition coefficient (Wildman–Crippen LogP) is -0.281. The Morgan fingerprint density at radius 3 is 2.57 bits per heavy atom. The number of anilines is 1. The molecule has 0 spiro atoms. The number of rotatable bonds is 10. The van der Waals surface area contributed by atoms with E-state index in [0.717, 1.165) is 25.7 Å². The molecule has 0 radical (unpaired) electrons. The van der Waals surface area contributed by atoms with Crippen molar-refractivity contribution in [1.82, 2.24) is 19.7 Å². The summed E-state index contributed by atoms with van der Waals surface area (Å²) in [4.78, 5) is 27.7. The van der Waals surface area contributed by atoms with E-state index < -0.39 is 63.7 Å². The van der Waals surface area contributed by atoms with Crippen LogP contribution in [0.4, 0.5) is 5.82 Å². The zero-order chi connectivity index (χ0) is 25.4. The van der Waals surface area contributed by atoms with Gasteiger partial charge in [0.05, 0.1) is 24.8 Å². The van der Waals surface area contributed by atoms with Crippen molar-refractivity contribution in [2.45, 2.75) is 68.0 Å². The molecule has 0 amide bonds. The van der Waals surface area contributed by atoms with Crippen LogP contribution in [0.5, 0.6) is 0 Å². The Hall–Kier alpha value is -1.45. The van der Waals surface area contributed by atoms with Gasteiger partial charge in [-0.3, -0.25) is 4.57 Å². The lowest BCUT2D eigenvalue weighted by Crippen LogP contribution is -2.42. The molecule has 14 nitrogen and oxygen atoms in total. The number of hydrogen-bond acceptors (Lipinski definition) is 11. The van der Waals surface area contributed by atoms with Crippen LogP contribution in [0.15, 0.2) is 6.20 Å². The van der Waals surface area contributed by atoms with Crippen molar-refractivity contribution in [3.63, 3.8) is 0 Å². The molecule has 2 aliphatic rings. The van der Waals surface area contributed by atoms with Gasteiger partial charge in [0, 0.05) is 19.1 Å². The Morgan fingerprint density at radius 1 is 1.23 bits per heavy atom. The van der Waals surface area contributed by atoms with Crippen LogP contribution in [0, 0.1) is 0 Å². The first-order chi connectivity index (χ1) is 16.6. The van der Waals surface area contributed by atoms with Crippen LogP contribution in [-0.2, 0) is 14.0 Å². The quantitative estimate of drug-likeness (QED) is 0.153. The molecule has 1 saturated carbocycles. The molecular weight excluding hydrogens is 509 g/mol. The second-order valence-electron chi connectivity index (χ2n) is 8.77. The van der Waals surface area contributed by atoms with Crippen LogP contribution in [0.1, 0.15) is 38.3 Å². The molecule has 35 heavy (non-hydrogen) atoms. The minimum Gasteiger partial charge on any atom is -0.396 e. The number of fused-ring (bicyclic) bond motifs is 1. The molecule has 1 saturated heterocycles. The lowest BCUT2D eigenvalue weighted by molar-refractivity contribution is -0.114. The minimum absolute atomic E-state index is 0.0500. The van der Waals surface area contributed by atoms with E-state index in [4.69, 9.17) is 21.1 Å². The van der Waals surface area contributed by atoms with E-state index in [-0.39, 0.29) is 17.0 Å². The Labute approximate surface area is 205 Å². The lowest BCUT2D eigenvalue weighted by atomic mass is 10.1. The number of aliphatic hydroxyl groups excluding tert-OH is 4. The van der Waals surface area contributed by atoms with E-state index in [1.165, 1.54) is 10.9 Å². The molecule has 7 N–H and O–H groups in total. The van der Waals surface area contributed by atoms with Crippen LogP contribution in [0.25, 0.3) is 11.0 Å². The van der Waals surface area contributed by atoms with Crippen LogP contribution in [0.2, 0.25) is 5.28 Å². The van der Waals surface area contributed by atoms with Crippen molar-refractivity contribution in [2.75, 3.05) is 25.1 Å². The van der Waals surface area contributed by atoms with Crippen molar-refractivity contribution < 1.29 is 44.3 Å². The first kappa shape index (κ1) is 26.6. The standard InChI is InChI=1S/C19H29ClN5O9P/c20-18-23-15(22-10-3-1-2-4-10)11-7-21-25(16(11)24-18)17-14(29)13(28)12(34-17)8-33-19(9-27,5-6-26)35(30,31)32/h7,10,12-14,17,26-29H,1-6,8-9H2,(H,22,23,24)(H2,30,31,32)/t12-,13-,14-,17-,19?/m1/s1. The molecule has 2 fully saturated rings. The maximum absolute atomic E-state index is 11.9. The molecule has 1 aliphatic heterocycles. The van der Waals surface area contributed by atoms with Crippen molar-refractivity contribution in [3.05, 3.63) is 11.5 Å². The minimum atomic E-state index is -5.02. The molecule has 16 heteroatoms. The maximum Gasteiger partial charge on any atom is 0.359 e. The summed E-state index contributed by atoms with van der Waals surface area (Å²) in [5.74, 6) is 0.490. The second-order valence-corrected chi connectivity index (χ2v) is 11.0. The second kappa shape index (κ2) is 10.5. The molecule has 5 atom stereocenters. The third-order valence-electron chi connectivity index (χ3n) is 6.50. The Morgan fingerprint density at radius 2 is 1.94 bits per heavy atom. The molecule has 4 rings (SSSR count). The van der Waals surface area contributed by atoms with Gasteiger partial charge in [0.1, 0.15) is 24.1 Å². The number of nitrogens with one attached hydrogen (secondary N) is 1. The average molecular weight is 538 g/mol. The van der Waals surface area contributed by atoms with Gasteiger partial charge in [-0.1, -0.05) is 12.8 Å². The van der Waals surface area contributed by atoms with Crippen LogP contribution in [-0.4, -0.2) is 99.5 Å². The molecule has 3 heterocycles. The maximum atomic E-state index is 11.9. The van der Waals surface area contributed by atoms with Crippen molar-refractivity contribution in [1.29, 1.82) is 0 Å². The summed E-state index contributed by atoms with van der Waals surface area (Å²) in [5, 5.41) is 45.7. The van der Waals surface area contributed by atoms with E-state index in [1.807, 2.05) is 0 Å². The van der Waals surface area contributed by atoms with Crippen LogP contribution in [0.3, 0.4) is 0 Å². The van der Waals surface area contributed by atoms with Gasteiger partial charge in [-0.25, -0.2) is 4.68 Å². The molecule has 1 unspecified atom stereocenters. The number of ether oxygens (including phenoxy) is 2. The first-order valence-electron chi connectivity index (χ1n) is 11.2. The van der Waals surface area contributed by atoms with E-state index >= 15 is 0 Å². The van der Waals surface area contributed by atoms with Gasteiger partial charge in [-0.05, 0) is 24.4 Å². The van der Waals surface area contributed by atoms with Gasteiger partial charge in [0.15, 0.2) is 17.2 Å². The van der Waals surface area contributed by atoms with E-state index in [9.17, 15) is 34.8 Å². The van der Waals surface area contributed by atoms with Crippen molar-refractivity contribution in [2.24, 2.45) is 0 Å².